The second kappa shape index (κ2) is 6.34. The zero-order valence-corrected chi connectivity index (χ0v) is 12.8. The van der Waals surface area contributed by atoms with Gasteiger partial charge in [0.25, 0.3) is 10.0 Å². The van der Waals surface area contributed by atoms with E-state index in [4.69, 9.17) is 16.3 Å². The average Bonchev–Trinajstić information content (AvgIpc) is 2.49. The van der Waals surface area contributed by atoms with Gasteiger partial charge >= 0.3 is 0 Å². The normalized spacial score (nSPS) is 11.2. The molecule has 0 aromatic heterocycles. The van der Waals surface area contributed by atoms with Crippen molar-refractivity contribution in [3.63, 3.8) is 0 Å². The van der Waals surface area contributed by atoms with Crippen molar-refractivity contribution >= 4 is 27.3 Å². The lowest BCUT2D eigenvalue weighted by molar-refractivity contribution is 0.278. The number of anilines is 1. The zero-order chi connectivity index (χ0) is 15.5. The maximum Gasteiger partial charge on any atom is 0.262 e. The highest BCUT2D eigenvalue weighted by molar-refractivity contribution is 7.92. The first-order valence-electron chi connectivity index (χ1n) is 6.03. The number of nitrogens with one attached hydrogen (secondary N) is 1. The second-order valence-corrected chi connectivity index (χ2v) is 6.28. The van der Waals surface area contributed by atoms with E-state index in [0.29, 0.717) is 22.0 Å². The summed E-state index contributed by atoms with van der Waals surface area (Å²) in [5, 5.41) is 9.62. The highest BCUT2D eigenvalue weighted by Crippen LogP contribution is 2.29. The van der Waals surface area contributed by atoms with Gasteiger partial charge in [-0.2, -0.15) is 0 Å². The van der Waals surface area contributed by atoms with Gasteiger partial charge in [-0.25, -0.2) is 8.42 Å². The van der Waals surface area contributed by atoms with Crippen molar-refractivity contribution in [2.24, 2.45) is 0 Å². The minimum atomic E-state index is -3.80. The van der Waals surface area contributed by atoms with Crippen molar-refractivity contribution in [2.75, 3.05) is 11.8 Å². The Labute approximate surface area is 128 Å². The largest absolute Gasteiger partial charge is 0.495 e. The van der Waals surface area contributed by atoms with Crippen LogP contribution in [0.2, 0.25) is 5.02 Å². The molecule has 0 saturated heterocycles. The molecule has 7 heteroatoms. The molecule has 2 aromatic carbocycles. The highest BCUT2D eigenvalue weighted by atomic mass is 35.5. The molecule has 0 heterocycles. The predicted molar refractivity (Wildman–Crippen MR) is 81.2 cm³/mol. The van der Waals surface area contributed by atoms with Crippen molar-refractivity contribution in [1.82, 2.24) is 0 Å². The Morgan fingerprint density at radius 3 is 2.62 bits per heavy atom. The summed E-state index contributed by atoms with van der Waals surface area (Å²) in [6.07, 6.45) is 0. The van der Waals surface area contributed by atoms with Gasteiger partial charge in [-0.3, -0.25) is 4.72 Å². The summed E-state index contributed by atoms with van der Waals surface area (Å²) in [6.45, 7) is -0.360. The molecule has 0 radical (unpaired) electrons. The number of ether oxygens (including phenoxy) is 1. The monoisotopic (exact) mass is 327 g/mol. The van der Waals surface area contributed by atoms with Crippen LogP contribution in [0.15, 0.2) is 47.4 Å². The van der Waals surface area contributed by atoms with Gasteiger partial charge in [0.15, 0.2) is 0 Å². The lowest BCUT2D eigenvalue weighted by Crippen LogP contribution is -2.15. The van der Waals surface area contributed by atoms with Crippen LogP contribution in [0.4, 0.5) is 5.69 Å². The van der Waals surface area contributed by atoms with Crippen molar-refractivity contribution in [2.45, 2.75) is 11.5 Å². The van der Waals surface area contributed by atoms with E-state index in [-0.39, 0.29) is 11.5 Å². The van der Waals surface area contributed by atoms with Crippen LogP contribution in [0, 0.1) is 0 Å². The van der Waals surface area contributed by atoms with Gasteiger partial charge in [0.2, 0.25) is 0 Å². The molecule has 112 valence electrons. The number of methoxy groups -OCH3 is 1. The minimum absolute atomic E-state index is 0.0291. The standard InChI is InChI=1S/C14H14ClNO4S/c1-20-13-8-11(6-7-12(13)15)16-21(18,19)14-5-3-2-4-10(14)9-17/h2-8,16-17H,9H2,1H3. The van der Waals surface area contributed by atoms with Crippen molar-refractivity contribution in [3.8, 4) is 5.75 Å². The fraction of sp³-hybridized carbons (Fsp3) is 0.143. The Kier molecular flexibility index (Phi) is 4.72. The van der Waals surface area contributed by atoms with Crippen LogP contribution in [0.5, 0.6) is 5.75 Å². The Balaban J connectivity index is 2.37. The first-order valence-corrected chi connectivity index (χ1v) is 7.89. The number of benzene rings is 2. The van der Waals surface area contributed by atoms with Crippen LogP contribution in [0.25, 0.3) is 0 Å². The summed E-state index contributed by atoms with van der Waals surface area (Å²) in [5.74, 6) is 0.368. The molecule has 21 heavy (non-hydrogen) atoms. The molecule has 0 atom stereocenters. The molecule has 0 aliphatic carbocycles. The number of rotatable bonds is 5. The van der Waals surface area contributed by atoms with Crippen molar-refractivity contribution < 1.29 is 18.3 Å². The smallest absolute Gasteiger partial charge is 0.262 e. The molecule has 0 aliphatic heterocycles. The summed E-state index contributed by atoms with van der Waals surface area (Å²) in [7, 11) is -2.36. The van der Waals surface area contributed by atoms with E-state index in [9.17, 15) is 13.5 Å². The first kappa shape index (κ1) is 15.6. The third-order valence-electron chi connectivity index (χ3n) is 2.84. The molecule has 0 fully saturated rings. The number of sulfonamides is 1. The summed E-state index contributed by atoms with van der Waals surface area (Å²) in [4.78, 5) is 0.0291. The van der Waals surface area contributed by atoms with Crippen LogP contribution in [-0.4, -0.2) is 20.6 Å². The summed E-state index contributed by atoms with van der Waals surface area (Å²) in [5.41, 5.74) is 0.648. The molecule has 2 aromatic rings. The number of aliphatic hydroxyl groups is 1. The van der Waals surface area contributed by atoms with E-state index < -0.39 is 10.0 Å². The average molecular weight is 328 g/mol. The lowest BCUT2D eigenvalue weighted by atomic mass is 10.2. The molecule has 0 amide bonds. The van der Waals surface area contributed by atoms with Gasteiger partial charge < -0.3 is 9.84 Å². The van der Waals surface area contributed by atoms with Gasteiger partial charge in [0.05, 0.1) is 29.3 Å². The molecule has 0 unspecified atom stereocenters. The van der Waals surface area contributed by atoms with E-state index in [1.807, 2.05) is 0 Å². The van der Waals surface area contributed by atoms with Gasteiger partial charge in [-0.15, -0.1) is 0 Å². The summed E-state index contributed by atoms with van der Waals surface area (Å²) >= 11 is 5.90. The quantitative estimate of drug-likeness (QED) is 0.885. The third kappa shape index (κ3) is 3.47. The third-order valence-corrected chi connectivity index (χ3v) is 4.63. The Morgan fingerprint density at radius 1 is 1.24 bits per heavy atom. The Morgan fingerprint density at radius 2 is 1.95 bits per heavy atom. The summed E-state index contributed by atoms with van der Waals surface area (Å²) < 4.78 is 32.2. The van der Waals surface area contributed by atoms with Gasteiger partial charge in [-0.1, -0.05) is 29.8 Å². The van der Waals surface area contributed by atoms with E-state index in [1.165, 1.54) is 31.4 Å². The molecule has 5 nitrogen and oxygen atoms in total. The van der Waals surface area contributed by atoms with Crippen molar-refractivity contribution in [3.05, 3.63) is 53.1 Å². The Bertz CT molecular complexity index is 746. The van der Waals surface area contributed by atoms with E-state index in [0.717, 1.165) is 0 Å². The molecule has 2 rings (SSSR count). The minimum Gasteiger partial charge on any atom is -0.495 e. The second-order valence-electron chi connectivity index (χ2n) is 4.22. The van der Waals surface area contributed by atoms with Crippen molar-refractivity contribution in [1.29, 1.82) is 0 Å². The van der Waals surface area contributed by atoms with Crippen LogP contribution in [0.3, 0.4) is 0 Å². The van der Waals surface area contributed by atoms with Crippen LogP contribution < -0.4 is 9.46 Å². The molecule has 0 spiro atoms. The zero-order valence-electron chi connectivity index (χ0n) is 11.2. The molecule has 0 saturated carbocycles. The molecule has 2 N–H and O–H groups in total. The lowest BCUT2D eigenvalue weighted by Gasteiger charge is -2.12. The van der Waals surface area contributed by atoms with Gasteiger partial charge in [0, 0.05) is 6.07 Å². The van der Waals surface area contributed by atoms with E-state index >= 15 is 0 Å². The predicted octanol–water partition coefficient (Wildman–Crippen LogP) is 2.64. The molecular formula is C14H14ClNO4S. The number of halogens is 1. The number of hydrogen-bond donors (Lipinski definition) is 2. The SMILES string of the molecule is COc1cc(NS(=O)(=O)c2ccccc2CO)ccc1Cl. The summed E-state index contributed by atoms with van der Waals surface area (Å²) in [6, 6.07) is 10.8. The number of hydrogen-bond acceptors (Lipinski definition) is 4. The fourth-order valence-electron chi connectivity index (χ4n) is 1.83. The first-order chi connectivity index (χ1) is 9.97. The molecule has 0 aliphatic rings. The van der Waals surface area contributed by atoms with Gasteiger partial charge in [0.1, 0.15) is 5.75 Å². The van der Waals surface area contributed by atoms with Crippen LogP contribution >= 0.6 is 11.6 Å². The van der Waals surface area contributed by atoms with E-state index in [2.05, 4.69) is 4.72 Å². The molecule has 0 bridgehead atoms. The maximum atomic E-state index is 12.4. The van der Waals surface area contributed by atoms with Crippen LogP contribution in [-0.2, 0) is 16.6 Å². The Hall–Kier alpha value is -1.76. The number of aliphatic hydroxyl groups excluding tert-OH is 1. The maximum absolute atomic E-state index is 12.4. The fourth-order valence-corrected chi connectivity index (χ4v) is 3.31. The molecular weight excluding hydrogens is 314 g/mol. The van der Waals surface area contributed by atoms with Gasteiger partial charge in [-0.05, 0) is 23.8 Å². The highest BCUT2D eigenvalue weighted by Gasteiger charge is 2.18. The topological polar surface area (TPSA) is 75.6 Å². The van der Waals surface area contributed by atoms with Crippen LogP contribution in [0.1, 0.15) is 5.56 Å². The van der Waals surface area contributed by atoms with E-state index in [1.54, 1.807) is 18.2 Å².